The van der Waals surface area contributed by atoms with E-state index in [1.807, 2.05) is 111 Å². The van der Waals surface area contributed by atoms with Crippen LogP contribution >= 0.6 is 0 Å². The van der Waals surface area contributed by atoms with Crippen LogP contribution in [0.2, 0.25) is 0 Å². The molecule has 4 heterocycles. The van der Waals surface area contributed by atoms with Gasteiger partial charge in [0.15, 0.2) is 0 Å². The van der Waals surface area contributed by atoms with Crippen molar-refractivity contribution in [3.8, 4) is 0 Å². The van der Waals surface area contributed by atoms with Gasteiger partial charge in [0.25, 0.3) is 0 Å². The largest absolute Gasteiger partial charge is 0.392 e. The Hall–Kier alpha value is -0.640. The first-order valence-corrected chi connectivity index (χ1v) is 25.8. The number of likely N-dealkylation sites (N-methyl/N-ethyl adjacent to an activating group) is 4. The minimum atomic E-state index is -0.665. The molecule has 0 aromatic carbocycles. The van der Waals surface area contributed by atoms with E-state index in [2.05, 4.69) is 56.4 Å². The van der Waals surface area contributed by atoms with Crippen molar-refractivity contribution in [1.82, 2.24) is 42.5 Å². The second-order valence-corrected chi connectivity index (χ2v) is 23.2. The van der Waals surface area contributed by atoms with Gasteiger partial charge in [-0.05, 0) is 244 Å². The second-order valence-electron chi connectivity index (χ2n) is 23.2. The molecule has 10 atom stereocenters. The van der Waals surface area contributed by atoms with Crippen molar-refractivity contribution >= 4 is 0 Å². The highest BCUT2D eigenvalue weighted by Gasteiger charge is 2.42. The minimum Gasteiger partial charge on any atom is -0.392 e. The fraction of sp³-hybridized carbons (Fsp3) is 1.00. The van der Waals surface area contributed by atoms with Crippen LogP contribution in [0.5, 0.6) is 0 Å². The minimum absolute atomic E-state index is 0.0625. The molecule has 0 spiro atoms. The lowest BCUT2D eigenvalue weighted by Gasteiger charge is -2.37. The molecule has 0 bridgehead atoms. The summed E-state index contributed by atoms with van der Waals surface area (Å²) >= 11 is 0. The number of nitrogens with one attached hydrogen (secondary N) is 8. The molecule has 0 saturated carbocycles. The highest BCUT2D eigenvalue weighted by atomic mass is 16.3. The van der Waals surface area contributed by atoms with Crippen molar-refractivity contribution in [2.75, 3.05) is 54.4 Å². The van der Waals surface area contributed by atoms with Crippen molar-refractivity contribution in [3.63, 3.8) is 0 Å². The summed E-state index contributed by atoms with van der Waals surface area (Å²) < 4.78 is 0. The summed E-state index contributed by atoms with van der Waals surface area (Å²) in [6.07, 6.45) is 8.40. The van der Waals surface area contributed by atoms with Crippen LogP contribution in [0.15, 0.2) is 0 Å². The van der Waals surface area contributed by atoms with Crippen LogP contribution in [0.1, 0.15) is 190 Å². The Labute approximate surface area is 419 Å². The maximum Gasteiger partial charge on any atom is 0.0769 e. The molecular weight excluding hydrogens is 865 g/mol. The van der Waals surface area contributed by atoms with E-state index in [1.54, 1.807) is 41.5 Å². The van der Waals surface area contributed by atoms with Gasteiger partial charge < -0.3 is 83.4 Å². The monoisotopic (exact) mass is 985 g/mol. The molecular formula is C52H120N8O8. The smallest absolute Gasteiger partial charge is 0.0769 e. The lowest BCUT2D eigenvalue weighted by molar-refractivity contribution is -0.00438. The van der Waals surface area contributed by atoms with Gasteiger partial charge in [0.1, 0.15) is 0 Å². The Kier molecular flexibility index (Phi) is 36.9. The summed E-state index contributed by atoms with van der Waals surface area (Å²) in [5.41, 5.74) is -3.07. The van der Waals surface area contributed by atoms with Crippen molar-refractivity contribution in [3.05, 3.63) is 0 Å². The fourth-order valence-corrected chi connectivity index (χ4v) is 6.17. The highest BCUT2D eigenvalue weighted by molar-refractivity contribution is 5.01. The van der Waals surface area contributed by atoms with E-state index < -0.39 is 22.4 Å². The topological polar surface area (TPSA) is 258 Å². The summed E-state index contributed by atoms with van der Waals surface area (Å²) in [4.78, 5) is 0. The lowest BCUT2D eigenvalue weighted by Crippen LogP contribution is -2.54. The van der Waals surface area contributed by atoms with Crippen LogP contribution in [0.3, 0.4) is 0 Å². The van der Waals surface area contributed by atoms with Crippen LogP contribution in [-0.4, -0.2) is 188 Å². The average molecular weight is 986 g/mol. The average Bonchev–Trinajstić information content (AvgIpc) is 4.07. The molecule has 4 rings (SSSR count). The molecule has 0 unspecified atom stereocenters. The molecule has 416 valence electrons. The Morgan fingerprint density at radius 2 is 0.721 bits per heavy atom. The van der Waals surface area contributed by atoms with Gasteiger partial charge in [-0.1, -0.05) is 0 Å². The molecule has 4 aliphatic heterocycles. The Morgan fingerprint density at radius 3 is 0.779 bits per heavy atom. The maximum atomic E-state index is 9.71. The van der Waals surface area contributed by atoms with E-state index in [1.165, 1.54) is 25.7 Å². The summed E-state index contributed by atoms with van der Waals surface area (Å²) in [7, 11) is 7.35. The van der Waals surface area contributed by atoms with E-state index >= 15 is 0 Å². The van der Waals surface area contributed by atoms with Gasteiger partial charge in [-0.2, -0.15) is 0 Å². The van der Waals surface area contributed by atoms with E-state index in [0.29, 0.717) is 12.1 Å². The van der Waals surface area contributed by atoms with Crippen LogP contribution in [0.25, 0.3) is 0 Å². The number of aliphatic hydroxyl groups excluding tert-OH is 4. The van der Waals surface area contributed by atoms with Crippen molar-refractivity contribution in [1.29, 1.82) is 0 Å². The Bertz CT molecular complexity index is 1100. The van der Waals surface area contributed by atoms with Crippen molar-refractivity contribution in [2.24, 2.45) is 0 Å². The fourth-order valence-electron chi connectivity index (χ4n) is 6.17. The Morgan fingerprint density at radius 1 is 0.456 bits per heavy atom. The highest BCUT2D eigenvalue weighted by Crippen LogP contribution is 2.31. The van der Waals surface area contributed by atoms with E-state index in [4.69, 9.17) is 20.4 Å². The standard InChI is InChI=1S/2C8H17NO.2C7H17NO.2C6H13NO.2C5H13NO/c2*1-7(2,10)8(3)5-4-6-9-8;2*1-6(2,8-5)7(3,4)9;2*1-5(8)6-3-2-4-7-6;2*1-4(6-3)5(2)7/h2*9-10H,4-6H2,1-3H3;2*8-9H,1-5H3;2*5-8H,2-4H2,1H3;2*4-7H,1-3H3/t2*8-;;;2*5-,6+;2*4-,5+/m10..1010/s1. The quantitative estimate of drug-likeness (QED) is 0.134. The molecule has 16 nitrogen and oxygen atoms in total. The SMILES string of the molecule is CC(C)(O)[C@@]1(C)CCCN1.CC(C)(O)[C@]1(C)CCCN1.CNC(C)(C)C(C)(C)O.CNC(C)(C)C(C)(C)O.CN[C@@H](C)[C@@H](C)O.CN[C@H](C)[C@H](C)O.C[C@@H](O)[C@@H]1CCCN1.C[C@H](O)[C@H]1CCCN1. The first-order chi connectivity index (χ1) is 30.5. The van der Waals surface area contributed by atoms with Crippen LogP contribution < -0.4 is 42.5 Å². The predicted octanol–water partition coefficient (Wildman–Crippen LogP) is 3.50. The van der Waals surface area contributed by atoms with Gasteiger partial charge in [-0.25, -0.2) is 0 Å². The molecule has 4 aliphatic rings. The summed E-state index contributed by atoms with van der Waals surface area (Å²) in [5, 5.41) is 98.8. The third-order valence-electron chi connectivity index (χ3n) is 15.5. The van der Waals surface area contributed by atoms with Gasteiger partial charge in [-0.3, -0.25) is 0 Å². The third kappa shape index (κ3) is 31.1. The molecule has 0 aromatic heterocycles. The molecule has 0 aliphatic carbocycles. The molecule has 16 N–H and O–H groups in total. The summed E-state index contributed by atoms with van der Waals surface area (Å²) in [5.74, 6) is 0. The second kappa shape index (κ2) is 34.0. The third-order valence-corrected chi connectivity index (χ3v) is 15.5. The van der Waals surface area contributed by atoms with Gasteiger partial charge >= 0.3 is 0 Å². The zero-order chi connectivity index (χ0) is 54.8. The van der Waals surface area contributed by atoms with Crippen LogP contribution in [-0.2, 0) is 0 Å². The van der Waals surface area contributed by atoms with Gasteiger partial charge in [0.2, 0.25) is 0 Å². The molecule has 4 fully saturated rings. The van der Waals surface area contributed by atoms with E-state index in [-0.39, 0.29) is 58.7 Å². The van der Waals surface area contributed by atoms with Crippen molar-refractivity contribution < 1.29 is 40.9 Å². The first-order valence-electron chi connectivity index (χ1n) is 25.8. The zero-order valence-corrected chi connectivity index (χ0v) is 48.7. The van der Waals surface area contributed by atoms with Gasteiger partial charge in [0, 0.05) is 46.3 Å². The zero-order valence-electron chi connectivity index (χ0n) is 48.7. The molecule has 16 heteroatoms. The molecule has 68 heavy (non-hydrogen) atoms. The molecule has 0 radical (unpaired) electrons. The van der Waals surface area contributed by atoms with Gasteiger partial charge in [-0.15, -0.1) is 0 Å². The molecule has 4 saturated heterocycles. The van der Waals surface area contributed by atoms with E-state index in [0.717, 1.165) is 51.9 Å². The summed E-state index contributed by atoms with van der Waals surface area (Å²) in [6.45, 7) is 42.0. The van der Waals surface area contributed by atoms with Crippen LogP contribution in [0, 0.1) is 0 Å². The predicted molar refractivity (Wildman–Crippen MR) is 289 cm³/mol. The molecule has 0 aromatic rings. The number of hydrogen-bond acceptors (Lipinski definition) is 16. The maximum absolute atomic E-state index is 9.71. The van der Waals surface area contributed by atoms with Gasteiger partial charge in [0.05, 0.1) is 46.8 Å². The van der Waals surface area contributed by atoms with Crippen LogP contribution in [0.4, 0.5) is 0 Å². The Balaban J connectivity index is -0.000000345. The number of aliphatic hydroxyl groups is 8. The number of rotatable bonds is 12. The summed E-state index contributed by atoms with van der Waals surface area (Å²) in [6, 6.07) is 1.16. The van der Waals surface area contributed by atoms with E-state index in [9.17, 15) is 20.4 Å². The normalized spacial score (nSPS) is 25.6. The number of hydrogen-bond donors (Lipinski definition) is 16. The van der Waals surface area contributed by atoms with Crippen molar-refractivity contribution in [2.45, 2.75) is 283 Å². The first kappa shape index (κ1) is 73.9. The molecule has 0 amide bonds. The lowest BCUT2D eigenvalue weighted by atomic mass is 9.83.